The van der Waals surface area contributed by atoms with Gasteiger partial charge in [0, 0.05) is 12.8 Å². The SMILES string of the molecule is CCCCCC/C=C/CCCCCCCCCC(=O)O[C@@H](COC(=O)CCCCCCCCC/C=C/CCCCCCCC)CO[C@@H]1O[C@H](CO[C@@H]2O[C@H](CO)[C@H](O)C(O)C2O)[C@H](O)C(O)C1O. The van der Waals surface area contributed by atoms with Crippen molar-refractivity contribution in [3.05, 3.63) is 24.3 Å². The van der Waals surface area contributed by atoms with Gasteiger partial charge in [-0.3, -0.25) is 9.59 Å². The van der Waals surface area contributed by atoms with Crippen LogP contribution in [0.1, 0.15) is 206 Å². The van der Waals surface area contributed by atoms with Crippen LogP contribution in [0.2, 0.25) is 0 Å². The van der Waals surface area contributed by atoms with Crippen molar-refractivity contribution in [2.24, 2.45) is 0 Å². The molecule has 0 bridgehead atoms. The first-order valence-electron chi connectivity index (χ1n) is 26.9. The molecule has 15 heteroatoms. The van der Waals surface area contributed by atoms with Gasteiger partial charge in [0.1, 0.15) is 55.4 Å². The fourth-order valence-corrected chi connectivity index (χ4v) is 8.44. The Morgan fingerprint density at radius 3 is 1.31 bits per heavy atom. The third-order valence-electron chi connectivity index (χ3n) is 12.9. The Morgan fingerprint density at radius 2 is 0.838 bits per heavy atom. The van der Waals surface area contributed by atoms with E-state index in [1.807, 2.05) is 0 Å². The molecule has 2 rings (SSSR count). The smallest absolute Gasteiger partial charge is 0.306 e. The Morgan fingerprint density at radius 1 is 0.456 bits per heavy atom. The Labute approximate surface area is 409 Å². The normalized spacial score (nSPS) is 25.9. The number of aliphatic hydroxyl groups excluding tert-OH is 7. The second-order valence-electron chi connectivity index (χ2n) is 19.0. The number of aliphatic hydroxyl groups is 7. The molecule has 0 aromatic carbocycles. The van der Waals surface area contributed by atoms with Crippen molar-refractivity contribution in [2.75, 3.05) is 26.4 Å². The number of hydrogen-bond acceptors (Lipinski definition) is 15. The summed E-state index contributed by atoms with van der Waals surface area (Å²) in [6.07, 6.45) is 24.8. The van der Waals surface area contributed by atoms with E-state index in [4.69, 9.17) is 28.4 Å². The van der Waals surface area contributed by atoms with Gasteiger partial charge in [-0.1, -0.05) is 154 Å². The Balaban J connectivity index is 1.79. The van der Waals surface area contributed by atoms with E-state index in [-0.39, 0.29) is 26.1 Å². The van der Waals surface area contributed by atoms with E-state index in [0.717, 1.165) is 57.8 Å². The minimum atomic E-state index is -1.76. The summed E-state index contributed by atoms with van der Waals surface area (Å²) in [7, 11) is 0. The Bertz CT molecular complexity index is 1280. The van der Waals surface area contributed by atoms with E-state index in [1.165, 1.54) is 109 Å². The van der Waals surface area contributed by atoms with Gasteiger partial charge in [0.25, 0.3) is 0 Å². The van der Waals surface area contributed by atoms with Crippen LogP contribution in [0.4, 0.5) is 0 Å². The maximum Gasteiger partial charge on any atom is 0.306 e. The van der Waals surface area contributed by atoms with Crippen LogP contribution >= 0.6 is 0 Å². The average molecular weight is 973 g/mol. The first-order chi connectivity index (χ1) is 33.0. The van der Waals surface area contributed by atoms with E-state index in [1.54, 1.807) is 0 Å². The zero-order valence-corrected chi connectivity index (χ0v) is 42.1. The van der Waals surface area contributed by atoms with E-state index < -0.39 is 92.7 Å². The topological polar surface area (TPSA) is 231 Å². The summed E-state index contributed by atoms with van der Waals surface area (Å²) in [6.45, 7) is 2.58. The molecule has 15 nitrogen and oxygen atoms in total. The molecule has 2 fully saturated rings. The molecule has 2 heterocycles. The number of unbranched alkanes of at least 4 members (excludes halogenated alkanes) is 24. The average Bonchev–Trinajstić information content (AvgIpc) is 3.33. The van der Waals surface area contributed by atoms with E-state index in [0.29, 0.717) is 12.8 Å². The molecule has 4 unspecified atom stereocenters. The van der Waals surface area contributed by atoms with Crippen LogP contribution in [0.3, 0.4) is 0 Å². The fraction of sp³-hybridized carbons (Fsp3) is 0.887. The van der Waals surface area contributed by atoms with Crippen molar-refractivity contribution in [1.29, 1.82) is 0 Å². The van der Waals surface area contributed by atoms with Crippen LogP contribution in [-0.2, 0) is 38.0 Å². The predicted octanol–water partition coefficient (Wildman–Crippen LogP) is 7.94. The van der Waals surface area contributed by atoms with Crippen molar-refractivity contribution in [2.45, 2.75) is 274 Å². The van der Waals surface area contributed by atoms with Gasteiger partial charge in [0.15, 0.2) is 18.7 Å². The highest BCUT2D eigenvalue weighted by atomic mass is 16.7. The van der Waals surface area contributed by atoms with E-state index in [2.05, 4.69) is 38.2 Å². The largest absolute Gasteiger partial charge is 0.462 e. The number of carbonyl (C=O) groups is 2. The molecule has 2 aliphatic heterocycles. The molecule has 0 radical (unpaired) electrons. The third kappa shape index (κ3) is 28.1. The summed E-state index contributed by atoms with van der Waals surface area (Å²) in [4.78, 5) is 25.8. The van der Waals surface area contributed by atoms with Gasteiger partial charge in [-0.15, -0.1) is 0 Å². The summed E-state index contributed by atoms with van der Waals surface area (Å²) >= 11 is 0. The summed E-state index contributed by atoms with van der Waals surface area (Å²) < 4.78 is 33.6. The highest BCUT2D eigenvalue weighted by molar-refractivity contribution is 5.70. The molecule has 0 aromatic heterocycles. The lowest BCUT2D eigenvalue weighted by Gasteiger charge is -2.42. The predicted molar refractivity (Wildman–Crippen MR) is 261 cm³/mol. The summed E-state index contributed by atoms with van der Waals surface area (Å²) in [5.41, 5.74) is 0. The minimum absolute atomic E-state index is 0.161. The molecule has 0 saturated carbocycles. The van der Waals surface area contributed by atoms with Gasteiger partial charge < -0.3 is 64.2 Å². The van der Waals surface area contributed by atoms with Crippen LogP contribution in [0, 0.1) is 0 Å². The Kier molecular flexibility index (Phi) is 37.0. The zero-order chi connectivity index (χ0) is 49.6. The standard InChI is InChI=1S/C53H96O15/c1-3-5-7-9-11-13-15-17-19-20-22-23-25-27-29-31-33-35-44(55)63-38-41(66-45(56)36-34-32-30-28-26-24-21-18-16-14-12-10-8-6-4-2)39-64-52-51(62)49(60)47(58)43(68-52)40-65-53-50(61)48(59)46(57)42(37-54)67-53/h14,16-17,19,41-43,46-54,57-62H,3-13,15,18,20-40H2,1-2H3/b16-14+,19-17+/t41-,42+,43+,46-,47-,48?,49?,50?,51?,52+,53+/m0/s1. The second-order valence-corrected chi connectivity index (χ2v) is 19.0. The van der Waals surface area contributed by atoms with Crippen molar-refractivity contribution in [1.82, 2.24) is 0 Å². The number of rotatable bonds is 42. The molecule has 7 N–H and O–H groups in total. The fourth-order valence-electron chi connectivity index (χ4n) is 8.44. The Hall–Kier alpha value is -2.02. The van der Waals surface area contributed by atoms with Crippen molar-refractivity contribution in [3.63, 3.8) is 0 Å². The molecule has 11 atom stereocenters. The highest BCUT2D eigenvalue weighted by Crippen LogP contribution is 2.26. The molecular formula is C53H96O15. The van der Waals surface area contributed by atoms with Crippen LogP contribution < -0.4 is 0 Å². The number of hydrogen-bond donors (Lipinski definition) is 7. The number of esters is 2. The monoisotopic (exact) mass is 973 g/mol. The molecular weight excluding hydrogens is 877 g/mol. The van der Waals surface area contributed by atoms with Gasteiger partial charge >= 0.3 is 11.9 Å². The second kappa shape index (κ2) is 40.6. The minimum Gasteiger partial charge on any atom is -0.462 e. The highest BCUT2D eigenvalue weighted by Gasteiger charge is 2.47. The molecule has 0 aliphatic carbocycles. The van der Waals surface area contributed by atoms with Crippen LogP contribution in [-0.4, -0.2) is 142 Å². The van der Waals surface area contributed by atoms with Gasteiger partial charge in [0.05, 0.1) is 19.8 Å². The van der Waals surface area contributed by atoms with Crippen LogP contribution in [0.5, 0.6) is 0 Å². The molecule has 2 saturated heterocycles. The van der Waals surface area contributed by atoms with E-state index >= 15 is 0 Å². The van der Waals surface area contributed by atoms with Gasteiger partial charge in [0.2, 0.25) is 0 Å². The maximum atomic E-state index is 13.0. The lowest BCUT2D eigenvalue weighted by molar-refractivity contribution is -0.332. The third-order valence-corrected chi connectivity index (χ3v) is 12.9. The van der Waals surface area contributed by atoms with Gasteiger partial charge in [-0.25, -0.2) is 0 Å². The number of ether oxygens (including phenoxy) is 6. The molecule has 68 heavy (non-hydrogen) atoms. The molecule has 0 amide bonds. The van der Waals surface area contributed by atoms with Crippen LogP contribution in [0.15, 0.2) is 24.3 Å². The quantitative estimate of drug-likeness (QED) is 0.0175. The molecule has 0 spiro atoms. The van der Waals surface area contributed by atoms with Crippen molar-refractivity contribution < 1.29 is 73.8 Å². The molecule has 398 valence electrons. The van der Waals surface area contributed by atoms with Crippen molar-refractivity contribution in [3.8, 4) is 0 Å². The molecule has 2 aliphatic rings. The lowest BCUT2D eigenvalue weighted by atomic mass is 9.98. The number of carbonyl (C=O) groups excluding carboxylic acids is 2. The number of allylic oxidation sites excluding steroid dienone is 4. The maximum absolute atomic E-state index is 13.0. The van der Waals surface area contributed by atoms with E-state index in [9.17, 15) is 45.3 Å². The van der Waals surface area contributed by atoms with Gasteiger partial charge in [-0.05, 0) is 64.2 Å². The summed E-state index contributed by atoms with van der Waals surface area (Å²) in [5, 5.41) is 72.1. The first kappa shape index (κ1) is 62.1. The van der Waals surface area contributed by atoms with Gasteiger partial charge in [-0.2, -0.15) is 0 Å². The zero-order valence-electron chi connectivity index (χ0n) is 42.1. The summed E-state index contributed by atoms with van der Waals surface area (Å²) in [5.74, 6) is -0.929. The van der Waals surface area contributed by atoms with Crippen LogP contribution in [0.25, 0.3) is 0 Å². The summed E-state index contributed by atoms with van der Waals surface area (Å²) in [6, 6.07) is 0. The molecule has 0 aromatic rings. The first-order valence-corrected chi connectivity index (χ1v) is 26.9. The lowest BCUT2D eigenvalue weighted by Crippen LogP contribution is -2.61. The van der Waals surface area contributed by atoms with Crippen molar-refractivity contribution >= 4 is 11.9 Å².